The van der Waals surface area contributed by atoms with E-state index in [-0.39, 0.29) is 0 Å². The summed E-state index contributed by atoms with van der Waals surface area (Å²) in [5.41, 5.74) is 6.70. The Labute approximate surface area is 98.9 Å². The third-order valence-corrected chi connectivity index (χ3v) is 3.17. The van der Waals surface area contributed by atoms with Crippen LogP contribution in [0.4, 0.5) is 0 Å². The summed E-state index contributed by atoms with van der Waals surface area (Å²) in [7, 11) is 1.81. The molecule has 1 aromatic rings. The average Bonchev–Trinajstić information content (AvgIpc) is 2.30. The summed E-state index contributed by atoms with van der Waals surface area (Å²) in [5.74, 6) is 0. The van der Waals surface area contributed by atoms with Gasteiger partial charge < -0.3 is 0 Å². The highest BCUT2D eigenvalue weighted by molar-refractivity contribution is 6.10. The lowest BCUT2D eigenvalue weighted by molar-refractivity contribution is 1.09. The molecule has 0 aliphatic carbocycles. The van der Waals surface area contributed by atoms with E-state index in [4.69, 9.17) is 0 Å². The lowest BCUT2D eigenvalue weighted by Gasteiger charge is -2.12. The van der Waals surface area contributed by atoms with Crippen LogP contribution in [0.5, 0.6) is 0 Å². The van der Waals surface area contributed by atoms with Gasteiger partial charge >= 0.3 is 0 Å². The summed E-state index contributed by atoms with van der Waals surface area (Å²) in [6.07, 6.45) is 5.13. The number of hydrogen-bond donors (Lipinski definition) is 0. The molecule has 0 aliphatic rings. The zero-order valence-corrected chi connectivity index (χ0v) is 11.0. The highest BCUT2D eigenvalue weighted by Gasteiger charge is 2.07. The second-order valence-corrected chi connectivity index (χ2v) is 4.01. The Morgan fingerprint density at radius 2 is 1.94 bits per heavy atom. The highest BCUT2D eigenvalue weighted by Crippen LogP contribution is 2.23. The van der Waals surface area contributed by atoms with Gasteiger partial charge in [0.2, 0.25) is 0 Å². The Kier molecular flexibility index (Phi) is 4.48. The SMILES string of the molecule is C/C=C(\C=N/C)c1ccc(CC)c(C)c1C. The molecule has 0 aliphatic heterocycles. The lowest BCUT2D eigenvalue weighted by atomic mass is 9.93. The molecule has 0 radical (unpaired) electrons. The Hall–Kier alpha value is -1.37. The zero-order chi connectivity index (χ0) is 12.1. The molecule has 0 saturated carbocycles. The number of hydrogen-bond acceptors (Lipinski definition) is 1. The Balaban J connectivity index is 3.31. The Bertz CT molecular complexity index is 425. The van der Waals surface area contributed by atoms with Gasteiger partial charge in [0.15, 0.2) is 0 Å². The van der Waals surface area contributed by atoms with Crippen LogP contribution < -0.4 is 0 Å². The van der Waals surface area contributed by atoms with Gasteiger partial charge in [-0.3, -0.25) is 4.99 Å². The zero-order valence-electron chi connectivity index (χ0n) is 11.0. The molecular weight excluding hydrogens is 194 g/mol. The van der Waals surface area contributed by atoms with E-state index in [1.54, 1.807) is 0 Å². The lowest BCUT2D eigenvalue weighted by Crippen LogP contribution is -1.97. The predicted molar refractivity (Wildman–Crippen MR) is 73.4 cm³/mol. The number of aryl methyl sites for hydroxylation is 1. The summed E-state index contributed by atoms with van der Waals surface area (Å²) in [4.78, 5) is 4.10. The van der Waals surface area contributed by atoms with Gasteiger partial charge in [0.1, 0.15) is 0 Å². The van der Waals surface area contributed by atoms with Crippen molar-refractivity contribution in [2.24, 2.45) is 4.99 Å². The molecule has 0 spiro atoms. The van der Waals surface area contributed by atoms with Crippen molar-refractivity contribution in [3.63, 3.8) is 0 Å². The molecule has 0 atom stereocenters. The average molecular weight is 215 g/mol. The third-order valence-electron chi connectivity index (χ3n) is 3.17. The standard InChI is InChI=1S/C15H21N/c1-6-13-8-9-15(12(4)11(13)3)14(7-2)10-16-5/h7-10H,6H2,1-5H3/b14-7+,16-10-. The van der Waals surface area contributed by atoms with Crippen molar-refractivity contribution < 1.29 is 0 Å². The van der Waals surface area contributed by atoms with Crippen molar-refractivity contribution in [3.05, 3.63) is 40.5 Å². The van der Waals surface area contributed by atoms with Gasteiger partial charge in [0.05, 0.1) is 0 Å². The van der Waals surface area contributed by atoms with Gasteiger partial charge in [-0.15, -0.1) is 0 Å². The van der Waals surface area contributed by atoms with Crippen LogP contribution in [0.25, 0.3) is 5.57 Å². The minimum atomic E-state index is 1.10. The Morgan fingerprint density at radius 3 is 2.44 bits per heavy atom. The van der Waals surface area contributed by atoms with Crippen LogP contribution in [-0.2, 0) is 6.42 Å². The van der Waals surface area contributed by atoms with E-state index in [1.807, 2.05) is 13.3 Å². The van der Waals surface area contributed by atoms with Crippen LogP contribution in [0.1, 0.15) is 36.1 Å². The van der Waals surface area contributed by atoms with E-state index in [1.165, 1.54) is 27.8 Å². The fourth-order valence-corrected chi connectivity index (χ4v) is 2.01. The molecule has 1 heteroatoms. The highest BCUT2D eigenvalue weighted by atomic mass is 14.6. The number of benzene rings is 1. The van der Waals surface area contributed by atoms with E-state index >= 15 is 0 Å². The molecule has 0 saturated heterocycles. The maximum Gasteiger partial charge on any atom is 0.0284 e. The molecule has 0 fully saturated rings. The quantitative estimate of drug-likeness (QED) is 0.676. The number of nitrogens with zero attached hydrogens (tertiary/aromatic N) is 1. The Morgan fingerprint density at radius 1 is 1.25 bits per heavy atom. The molecule has 1 nitrogen and oxygen atoms in total. The summed E-state index contributed by atoms with van der Waals surface area (Å²) >= 11 is 0. The van der Waals surface area contributed by atoms with Crippen molar-refractivity contribution in [3.8, 4) is 0 Å². The van der Waals surface area contributed by atoms with Crippen molar-refractivity contribution >= 4 is 11.8 Å². The molecule has 86 valence electrons. The number of aliphatic imine (C=N–C) groups is 1. The fourth-order valence-electron chi connectivity index (χ4n) is 2.01. The van der Waals surface area contributed by atoms with Crippen LogP contribution in [-0.4, -0.2) is 13.3 Å². The molecule has 0 amide bonds. The summed E-state index contributed by atoms with van der Waals surface area (Å²) in [6, 6.07) is 4.43. The molecule has 0 heterocycles. The largest absolute Gasteiger partial charge is 0.296 e. The minimum Gasteiger partial charge on any atom is -0.296 e. The van der Waals surface area contributed by atoms with Crippen LogP contribution in [0.15, 0.2) is 23.2 Å². The van der Waals surface area contributed by atoms with Crippen molar-refractivity contribution in [1.29, 1.82) is 0 Å². The maximum absolute atomic E-state index is 4.10. The van der Waals surface area contributed by atoms with E-state index in [2.05, 4.69) is 50.9 Å². The number of allylic oxidation sites excluding steroid dienone is 2. The van der Waals surface area contributed by atoms with Crippen molar-refractivity contribution in [1.82, 2.24) is 0 Å². The van der Waals surface area contributed by atoms with Gasteiger partial charge in [-0.05, 0) is 55.0 Å². The van der Waals surface area contributed by atoms with Gasteiger partial charge in [-0.25, -0.2) is 0 Å². The second-order valence-electron chi connectivity index (χ2n) is 4.01. The molecule has 16 heavy (non-hydrogen) atoms. The summed E-state index contributed by atoms with van der Waals surface area (Å²) < 4.78 is 0. The first-order valence-electron chi connectivity index (χ1n) is 5.83. The maximum atomic E-state index is 4.10. The molecule has 0 bridgehead atoms. The van der Waals surface area contributed by atoms with Crippen molar-refractivity contribution in [2.45, 2.75) is 34.1 Å². The first-order valence-corrected chi connectivity index (χ1v) is 5.83. The van der Waals surface area contributed by atoms with Crippen LogP contribution in [0.2, 0.25) is 0 Å². The van der Waals surface area contributed by atoms with Crippen LogP contribution in [0.3, 0.4) is 0 Å². The predicted octanol–water partition coefficient (Wildman–Crippen LogP) is 3.97. The van der Waals surface area contributed by atoms with E-state index in [0.717, 1.165) is 6.42 Å². The summed E-state index contributed by atoms with van der Waals surface area (Å²) in [6.45, 7) is 8.65. The van der Waals surface area contributed by atoms with Gasteiger partial charge in [-0.2, -0.15) is 0 Å². The molecule has 1 aromatic carbocycles. The smallest absolute Gasteiger partial charge is 0.0284 e. The van der Waals surface area contributed by atoms with Gasteiger partial charge in [0, 0.05) is 13.3 Å². The third kappa shape index (κ3) is 2.41. The first kappa shape index (κ1) is 12.7. The van der Waals surface area contributed by atoms with Crippen LogP contribution >= 0.6 is 0 Å². The normalized spacial score (nSPS) is 12.4. The minimum absolute atomic E-state index is 1.10. The first-order chi connectivity index (χ1) is 7.65. The molecule has 1 rings (SSSR count). The second kappa shape index (κ2) is 5.64. The molecule has 0 N–H and O–H groups in total. The van der Waals surface area contributed by atoms with Gasteiger partial charge in [0.25, 0.3) is 0 Å². The molecular formula is C15H21N. The number of rotatable bonds is 3. The fraction of sp³-hybridized carbons (Fsp3) is 0.400. The van der Waals surface area contributed by atoms with E-state index in [9.17, 15) is 0 Å². The van der Waals surface area contributed by atoms with Gasteiger partial charge in [-0.1, -0.05) is 25.1 Å². The van der Waals surface area contributed by atoms with Crippen LogP contribution in [0, 0.1) is 13.8 Å². The summed E-state index contributed by atoms with van der Waals surface area (Å²) in [5, 5.41) is 0. The monoisotopic (exact) mass is 215 g/mol. The molecule has 0 unspecified atom stereocenters. The molecule has 0 aromatic heterocycles. The topological polar surface area (TPSA) is 12.4 Å². The van der Waals surface area contributed by atoms with E-state index in [0.29, 0.717) is 0 Å². The van der Waals surface area contributed by atoms with Crippen molar-refractivity contribution in [2.75, 3.05) is 7.05 Å². The van der Waals surface area contributed by atoms with E-state index < -0.39 is 0 Å².